The normalized spacial score (nSPS) is 13.5. The molecule has 0 spiro atoms. The Kier molecular flexibility index (Phi) is 3.41. The van der Waals surface area contributed by atoms with Gasteiger partial charge in [0.25, 0.3) is 0 Å². The highest BCUT2D eigenvalue weighted by Gasteiger charge is 2.38. The van der Waals surface area contributed by atoms with Crippen molar-refractivity contribution >= 4 is 5.97 Å². The molecular formula is C10H15FO2. The maximum absolute atomic E-state index is 13.0. The lowest BCUT2D eigenvalue weighted by Crippen LogP contribution is -2.32. The molecule has 0 bridgehead atoms. The van der Waals surface area contributed by atoms with Gasteiger partial charge in [-0.15, -0.1) is 0 Å². The lowest BCUT2D eigenvalue weighted by atomic mass is 9.75. The lowest BCUT2D eigenvalue weighted by Gasteiger charge is -2.29. The summed E-state index contributed by atoms with van der Waals surface area (Å²) in [5.41, 5.74) is -0.672. The monoisotopic (exact) mass is 186 g/mol. The van der Waals surface area contributed by atoms with E-state index in [0.29, 0.717) is 5.57 Å². The number of carboxylic acid groups (broad SMARTS) is 1. The van der Waals surface area contributed by atoms with Gasteiger partial charge in [-0.05, 0) is 6.92 Å². The van der Waals surface area contributed by atoms with E-state index in [4.69, 9.17) is 5.11 Å². The van der Waals surface area contributed by atoms with Crippen LogP contribution in [0.25, 0.3) is 0 Å². The Morgan fingerprint density at radius 2 is 1.85 bits per heavy atom. The first-order valence-electron chi connectivity index (χ1n) is 3.94. The highest BCUT2D eigenvalue weighted by Crippen LogP contribution is 2.38. The van der Waals surface area contributed by atoms with Crippen molar-refractivity contribution in [3.05, 3.63) is 24.6 Å². The molecule has 0 aliphatic rings. The molecule has 0 aliphatic heterocycles. The molecule has 0 heterocycles. The van der Waals surface area contributed by atoms with E-state index < -0.39 is 23.1 Å². The summed E-state index contributed by atoms with van der Waals surface area (Å²) in [7, 11) is 0. The fraction of sp³-hybridized carbons (Fsp3) is 0.500. The maximum Gasteiger partial charge on any atom is 0.311 e. The van der Waals surface area contributed by atoms with Crippen molar-refractivity contribution in [3.63, 3.8) is 0 Å². The summed E-state index contributed by atoms with van der Waals surface area (Å²) in [6.45, 7) is 11.3. The van der Waals surface area contributed by atoms with Gasteiger partial charge >= 0.3 is 5.97 Å². The van der Waals surface area contributed by atoms with E-state index in [1.54, 1.807) is 6.92 Å². The van der Waals surface area contributed by atoms with Gasteiger partial charge in [-0.3, -0.25) is 4.79 Å². The second-order valence-corrected chi connectivity index (χ2v) is 3.74. The first kappa shape index (κ1) is 11.9. The minimum Gasteiger partial charge on any atom is -0.481 e. The number of carbonyl (C=O) groups is 1. The Hall–Kier alpha value is -1.12. The smallest absolute Gasteiger partial charge is 0.311 e. The molecule has 0 rings (SSSR count). The molecule has 0 aromatic rings. The zero-order chi connectivity index (χ0) is 10.8. The molecule has 1 atom stereocenters. The molecular weight excluding hydrogens is 171 g/mol. The minimum atomic E-state index is -1.10. The quantitative estimate of drug-likeness (QED) is 0.685. The molecule has 0 saturated heterocycles. The van der Waals surface area contributed by atoms with Crippen LogP contribution in [-0.4, -0.2) is 11.1 Å². The predicted octanol–water partition coefficient (Wildman–Crippen LogP) is 2.77. The summed E-state index contributed by atoms with van der Waals surface area (Å²) in [5, 5.41) is 8.86. The molecule has 3 heteroatoms. The van der Waals surface area contributed by atoms with E-state index in [1.165, 1.54) is 13.8 Å². The van der Waals surface area contributed by atoms with Crippen molar-refractivity contribution in [2.24, 2.45) is 11.3 Å². The van der Waals surface area contributed by atoms with Crippen LogP contribution in [0.5, 0.6) is 0 Å². The van der Waals surface area contributed by atoms with Crippen LogP contribution in [0.3, 0.4) is 0 Å². The summed E-state index contributed by atoms with van der Waals surface area (Å²) in [6, 6.07) is 0. The van der Waals surface area contributed by atoms with Crippen LogP contribution in [-0.2, 0) is 4.79 Å². The zero-order valence-corrected chi connectivity index (χ0v) is 8.22. The first-order valence-corrected chi connectivity index (χ1v) is 3.94. The molecule has 1 unspecified atom stereocenters. The van der Waals surface area contributed by atoms with Crippen molar-refractivity contribution in [1.29, 1.82) is 0 Å². The van der Waals surface area contributed by atoms with Gasteiger partial charge in [-0.25, -0.2) is 4.39 Å². The number of hydrogen-bond acceptors (Lipinski definition) is 1. The van der Waals surface area contributed by atoms with Gasteiger partial charge in [0.05, 0.1) is 11.7 Å². The summed E-state index contributed by atoms with van der Waals surface area (Å²) in [6.07, 6.45) is 0. The van der Waals surface area contributed by atoms with Crippen LogP contribution >= 0.6 is 0 Å². The third kappa shape index (κ3) is 2.41. The van der Waals surface area contributed by atoms with Gasteiger partial charge in [0.2, 0.25) is 0 Å². The Morgan fingerprint density at radius 1 is 1.46 bits per heavy atom. The highest BCUT2D eigenvalue weighted by molar-refractivity contribution is 5.74. The molecule has 1 N–H and O–H groups in total. The number of aliphatic carboxylic acids is 1. The average molecular weight is 186 g/mol. The van der Waals surface area contributed by atoms with Crippen LogP contribution in [0.4, 0.5) is 4.39 Å². The van der Waals surface area contributed by atoms with E-state index in [1.807, 2.05) is 0 Å². The Balaban J connectivity index is 5.06. The largest absolute Gasteiger partial charge is 0.481 e. The summed E-state index contributed by atoms with van der Waals surface area (Å²) in [5.74, 6) is -2.64. The van der Waals surface area contributed by atoms with Gasteiger partial charge in [-0.1, -0.05) is 32.6 Å². The molecule has 0 amide bonds. The molecule has 0 saturated carbocycles. The molecule has 0 radical (unpaired) electrons. The lowest BCUT2D eigenvalue weighted by molar-refractivity contribution is -0.143. The van der Waals surface area contributed by atoms with E-state index in [-0.39, 0.29) is 0 Å². The van der Waals surface area contributed by atoms with Gasteiger partial charge < -0.3 is 5.11 Å². The van der Waals surface area contributed by atoms with Crippen LogP contribution in [0.2, 0.25) is 0 Å². The molecule has 0 aromatic heterocycles. The van der Waals surface area contributed by atoms with Crippen molar-refractivity contribution in [2.45, 2.75) is 20.8 Å². The molecule has 0 fully saturated rings. The summed E-state index contributed by atoms with van der Waals surface area (Å²) >= 11 is 0. The van der Waals surface area contributed by atoms with E-state index >= 15 is 0 Å². The van der Waals surface area contributed by atoms with E-state index in [0.717, 1.165) is 0 Å². The van der Waals surface area contributed by atoms with Crippen molar-refractivity contribution in [3.8, 4) is 0 Å². The van der Waals surface area contributed by atoms with Gasteiger partial charge in [0.15, 0.2) is 0 Å². The third-order valence-electron chi connectivity index (χ3n) is 2.16. The molecule has 13 heavy (non-hydrogen) atoms. The number of hydrogen-bond donors (Lipinski definition) is 1. The summed E-state index contributed by atoms with van der Waals surface area (Å²) in [4.78, 5) is 10.8. The standard InChI is InChI=1S/C10H15FO2/c1-6(2)8(9(12)13)10(4,5)7(3)11/h8H,1,3H2,2,4-5H3,(H,12,13). The SMILES string of the molecule is C=C(C)C(C(=O)O)C(C)(C)C(=C)F. The van der Waals surface area contributed by atoms with Crippen LogP contribution in [0.15, 0.2) is 24.6 Å². The van der Waals surface area contributed by atoms with Gasteiger partial charge in [-0.2, -0.15) is 0 Å². The van der Waals surface area contributed by atoms with Crippen LogP contribution in [0, 0.1) is 11.3 Å². The minimum absolute atomic E-state index is 0.427. The van der Waals surface area contributed by atoms with Crippen molar-refractivity contribution < 1.29 is 14.3 Å². The average Bonchev–Trinajstić information content (AvgIpc) is 1.82. The second kappa shape index (κ2) is 3.73. The van der Waals surface area contributed by atoms with E-state index in [9.17, 15) is 9.18 Å². The number of carboxylic acids is 1. The number of allylic oxidation sites excluding steroid dienone is 1. The Labute approximate surface area is 77.8 Å². The van der Waals surface area contributed by atoms with Crippen LogP contribution in [0.1, 0.15) is 20.8 Å². The topological polar surface area (TPSA) is 37.3 Å². The molecule has 74 valence electrons. The number of rotatable bonds is 4. The fourth-order valence-corrected chi connectivity index (χ4v) is 1.29. The highest BCUT2D eigenvalue weighted by atomic mass is 19.1. The molecule has 0 aromatic carbocycles. The predicted molar refractivity (Wildman–Crippen MR) is 50.0 cm³/mol. The van der Waals surface area contributed by atoms with Crippen molar-refractivity contribution in [1.82, 2.24) is 0 Å². The first-order chi connectivity index (χ1) is 5.71. The fourth-order valence-electron chi connectivity index (χ4n) is 1.29. The second-order valence-electron chi connectivity index (χ2n) is 3.74. The Morgan fingerprint density at radius 3 is 1.92 bits per heavy atom. The summed E-state index contributed by atoms with van der Waals surface area (Å²) < 4.78 is 13.0. The maximum atomic E-state index is 13.0. The van der Waals surface area contributed by atoms with Crippen LogP contribution < -0.4 is 0 Å². The molecule has 2 nitrogen and oxygen atoms in total. The van der Waals surface area contributed by atoms with Gasteiger partial charge in [0, 0.05) is 5.41 Å². The molecule has 0 aliphatic carbocycles. The van der Waals surface area contributed by atoms with Crippen molar-refractivity contribution in [2.75, 3.05) is 0 Å². The third-order valence-corrected chi connectivity index (χ3v) is 2.16. The van der Waals surface area contributed by atoms with E-state index in [2.05, 4.69) is 13.2 Å². The zero-order valence-electron chi connectivity index (χ0n) is 8.22. The Bertz CT molecular complexity index is 240. The van der Waals surface area contributed by atoms with Gasteiger partial charge in [0.1, 0.15) is 0 Å². The number of halogens is 1.